The highest BCUT2D eigenvalue weighted by Crippen LogP contribution is 2.17. The van der Waals surface area contributed by atoms with Crippen molar-refractivity contribution in [3.63, 3.8) is 0 Å². The van der Waals surface area contributed by atoms with E-state index in [-0.39, 0.29) is 6.10 Å². The van der Waals surface area contributed by atoms with Crippen LogP contribution >= 0.6 is 0 Å². The van der Waals surface area contributed by atoms with E-state index in [4.69, 9.17) is 9.15 Å². The molecular formula is C12H14O2. The van der Waals surface area contributed by atoms with Gasteiger partial charge in [-0.2, -0.15) is 0 Å². The Bertz CT molecular complexity index is 415. The number of rotatable bonds is 3. The summed E-state index contributed by atoms with van der Waals surface area (Å²) in [6.45, 7) is 4.74. The van der Waals surface area contributed by atoms with E-state index in [1.54, 1.807) is 6.26 Å². The van der Waals surface area contributed by atoms with Crippen LogP contribution in [0.1, 0.15) is 19.4 Å². The van der Waals surface area contributed by atoms with Crippen molar-refractivity contribution in [2.75, 3.05) is 0 Å². The van der Waals surface area contributed by atoms with E-state index in [0.29, 0.717) is 6.61 Å². The third-order valence-electron chi connectivity index (χ3n) is 2.10. The second-order valence-electron chi connectivity index (χ2n) is 3.65. The molecule has 0 aliphatic heterocycles. The summed E-state index contributed by atoms with van der Waals surface area (Å²) in [5.74, 6) is 0. The molecule has 1 heterocycles. The average molecular weight is 190 g/mol. The second-order valence-corrected chi connectivity index (χ2v) is 3.65. The number of furan rings is 1. The molecule has 14 heavy (non-hydrogen) atoms. The SMILES string of the molecule is CC(C)OCc1ccc2occc2c1. The molecule has 0 unspecified atom stereocenters. The summed E-state index contributed by atoms with van der Waals surface area (Å²) in [6.07, 6.45) is 1.98. The van der Waals surface area contributed by atoms with Gasteiger partial charge in [-0.3, -0.25) is 0 Å². The predicted molar refractivity (Wildman–Crippen MR) is 56.1 cm³/mol. The minimum Gasteiger partial charge on any atom is -0.464 e. The summed E-state index contributed by atoms with van der Waals surface area (Å²) >= 11 is 0. The van der Waals surface area contributed by atoms with Gasteiger partial charge in [-0.05, 0) is 37.6 Å². The van der Waals surface area contributed by atoms with Gasteiger partial charge in [-0.25, -0.2) is 0 Å². The summed E-state index contributed by atoms with van der Waals surface area (Å²) in [7, 11) is 0. The van der Waals surface area contributed by atoms with Gasteiger partial charge in [0.1, 0.15) is 5.58 Å². The molecule has 74 valence electrons. The van der Waals surface area contributed by atoms with Crippen LogP contribution in [0.15, 0.2) is 34.9 Å². The van der Waals surface area contributed by atoms with Crippen LogP contribution in [0.2, 0.25) is 0 Å². The average Bonchev–Trinajstić information content (AvgIpc) is 2.61. The fourth-order valence-corrected chi connectivity index (χ4v) is 1.37. The Kier molecular flexibility index (Phi) is 2.55. The smallest absolute Gasteiger partial charge is 0.133 e. The van der Waals surface area contributed by atoms with Crippen molar-refractivity contribution in [2.45, 2.75) is 26.6 Å². The molecule has 0 atom stereocenters. The molecule has 1 aromatic heterocycles. The van der Waals surface area contributed by atoms with Crippen LogP contribution in [0.5, 0.6) is 0 Å². The first-order chi connectivity index (χ1) is 6.75. The summed E-state index contributed by atoms with van der Waals surface area (Å²) < 4.78 is 10.8. The Morgan fingerprint density at radius 3 is 2.93 bits per heavy atom. The van der Waals surface area contributed by atoms with Crippen LogP contribution in [0, 0.1) is 0 Å². The van der Waals surface area contributed by atoms with Crippen molar-refractivity contribution in [3.05, 3.63) is 36.1 Å². The van der Waals surface area contributed by atoms with Gasteiger partial charge in [-0.15, -0.1) is 0 Å². The van der Waals surface area contributed by atoms with E-state index >= 15 is 0 Å². The van der Waals surface area contributed by atoms with Crippen LogP contribution in [0.25, 0.3) is 11.0 Å². The van der Waals surface area contributed by atoms with Crippen molar-refractivity contribution in [3.8, 4) is 0 Å². The Balaban J connectivity index is 2.17. The molecule has 0 spiro atoms. The van der Waals surface area contributed by atoms with Crippen molar-refractivity contribution in [1.29, 1.82) is 0 Å². The third-order valence-corrected chi connectivity index (χ3v) is 2.10. The molecule has 0 radical (unpaired) electrons. The Hall–Kier alpha value is -1.28. The Morgan fingerprint density at radius 2 is 2.14 bits per heavy atom. The quantitative estimate of drug-likeness (QED) is 0.740. The molecule has 0 amide bonds. The molecule has 0 fully saturated rings. The topological polar surface area (TPSA) is 22.4 Å². The Labute approximate surface area is 83.5 Å². The highest BCUT2D eigenvalue weighted by Gasteiger charge is 2.00. The van der Waals surface area contributed by atoms with E-state index in [9.17, 15) is 0 Å². The normalized spacial score (nSPS) is 11.4. The maximum absolute atomic E-state index is 5.52. The van der Waals surface area contributed by atoms with Gasteiger partial charge in [-0.1, -0.05) is 6.07 Å². The summed E-state index contributed by atoms with van der Waals surface area (Å²) in [4.78, 5) is 0. The predicted octanol–water partition coefficient (Wildman–Crippen LogP) is 3.36. The standard InChI is InChI=1S/C12H14O2/c1-9(2)14-8-10-3-4-12-11(7-10)5-6-13-12/h3-7,9H,8H2,1-2H3. The largest absolute Gasteiger partial charge is 0.464 e. The zero-order chi connectivity index (χ0) is 9.97. The first-order valence-corrected chi connectivity index (χ1v) is 4.83. The van der Waals surface area contributed by atoms with E-state index in [1.807, 2.05) is 32.0 Å². The molecular weight excluding hydrogens is 176 g/mol. The lowest BCUT2D eigenvalue weighted by Gasteiger charge is -2.06. The summed E-state index contributed by atoms with van der Waals surface area (Å²) in [5, 5.41) is 1.13. The van der Waals surface area contributed by atoms with E-state index in [2.05, 4.69) is 6.07 Å². The molecule has 2 rings (SSSR count). The lowest BCUT2D eigenvalue weighted by atomic mass is 10.2. The number of ether oxygens (including phenoxy) is 1. The lowest BCUT2D eigenvalue weighted by molar-refractivity contribution is 0.0658. The van der Waals surface area contributed by atoms with Crippen LogP contribution in [0.3, 0.4) is 0 Å². The zero-order valence-electron chi connectivity index (χ0n) is 8.49. The van der Waals surface area contributed by atoms with Crippen molar-refractivity contribution >= 4 is 11.0 Å². The van der Waals surface area contributed by atoms with Gasteiger partial charge in [0.2, 0.25) is 0 Å². The first kappa shape index (κ1) is 9.28. The monoisotopic (exact) mass is 190 g/mol. The first-order valence-electron chi connectivity index (χ1n) is 4.83. The third kappa shape index (κ3) is 1.96. The van der Waals surface area contributed by atoms with Gasteiger partial charge in [0.05, 0.1) is 19.0 Å². The van der Waals surface area contributed by atoms with Gasteiger partial charge >= 0.3 is 0 Å². The molecule has 0 bridgehead atoms. The highest BCUT2D eigenvalue weighted by atomic mass is 16.5. The lowest BCUT2D eigenvalue weighted by Crippen LogP contribution is -2.01. The molecule has 0 saturated heterocycles. The molecule has 2 heteroatoms. The molecule has 0 N–H and O–H groups in total. The molecule has 2 nitrogen and oxygen atoms in total. The summed E-state index contributed by atoms with van der Waals surface area (Å²) in [5.41, 5.74) is 2.12. The van der Waals surface area contributed by atoms with Gasteiger partial charge in [0, 0.05) is 5.39 Å². The molecule has 1 aromatic carbocycles. The molecule has 0 aliphatic carbocycles. The number of benzene rings is 1. The zero-order valence-corrected chi connectivity index (χ0v) is 8.49. The van der Waals surface area contributed by atoms with E-state index in [1.165, 1.54) is 5.56 Å². The van der Waals surface area contributed by atoms with Crippen molar-refractivity contribution < 1.29 is 9.15 Å². The minimum atomic E-state index is 0.273. The van der Waals surface area contributed by atoms with Crippen LogP contribution in [-0.2, 0) is 11.3 Å². The van der Waals surface area contributed by atoms with Gasteiger partial charge in [0.15, 0.2) is 0 Å². The number of hydrogen-bond donors (Lipinski definition) is 0. The fourth-order valence-electron chi connectivity index (χ4n) is 1.37. The van der Waals surface area contributed by atoms with Crippen LogP contribution < -0.4 is 0 Å². The second kappa shape index (κ2) is 3.84. The maximum Gasteiger partial charge on any atom is 0.133 e. The van der Waals surface area contributed by atoms with Gasteiger partial charge in [0.25, 0.3) is 0 Å². The van der Waals surface area contributed by atoms with E-state index < -0.39 is 0 Å². The maximum atomic E-state index is 5.52. The Morgan fingerprint density at radius 1 is 1.29 bits per heavy atom. The van der Waals surface area contributed by atoms with Gasteiger partial charge < -0.3 is 9.15 Å². The number of hydrogen-bond acceptors (Lipinski definition) is 2. The van der Waals surface area contributed by atoms with Crippen LogP contribution in [-0.4, -0.2) is 6.10 Å². The van der Waals surface area contributed by atoms with Crippen LogP contribution in [0.4, 0.5) is 0 Å². The highest BCUT2D eigenvalue weighted by molar-refractivity contribution is 5.77. The van der Waals surface area contributed by atoms with E-state index in [0.717, 1.165) is 11.0 Å². The minimum absolute atomic E-state index is 0.273. The van der Waals surface area contributed by atoms with Crippen molar-refractivity contribution in [2.24, 2.45) is 0 Å². The van der Waals surface area contributed by atoms with Crippen molar-refractivity contribution in [1.82, 2.24) is 0 Å². The number of fused-ring (bicyclic) bond motifs is 1. The molecule has 0 aliphatic rings. The molecule has 2 aromatic rings. The summed E-state index contributed by atoms with van der Waals surface area (Å²) in [6, 6.07) is 8.08. The molecule has 0 saturated carbocycles. The fraction of sp³-hybridized carbons (Fsp3) is 0.333.